The van der Waals surface area contributed by atoms with E-state index in [2.05, 4.69) is 4.98 Å². The molecule has 0 aliphatic rings. The molecule has 0 aliphatic carbocycles. The summed E-state index contributed by atoms with van der Waals surface area (Å²) in [6.45, 7) is 2.29. The van der Waals surface area contributed by atoms with Crippen LogP contribution in [0, 0.1) is 6.92 Å². The lowest BCUT2D eigenvalue weighted by Gasteiger charge is -2.21. The fourth-order valence-electron chi connectivity index (χ4n) is 2.15. The van der Waals surface area contributed by atoms with Gasteiger partial charge in [0.05, 0.1) is 12.2 Å². The predicted octanol–water partition coefficient (Wildman–Crippen LogP) is 2.84. The number of rotatable bonds is 6. The molecule has 2 aromatic rings. The molecule has 1 heterocycles. The average Bonchev–Trinajstić information content (AvgIpc) is 2.45. The Morgan fingerprint density at radius 2 is 2.09 bits per heavy atom. The van der Waals surface area contributed by atoms with Crippen LogP contribution < -0.4 is 0 Å². The van der Waals surface area contributed by atoms with Crippen LogP contribution in [0.3, 0.4) is 0 Å². The summed E-state index contributed by atoms with van der Waals surface area (Å²) >= 11 is 6.08. The number of carbonyl (C=O) groups is 1. The number of carboxylic acids is 1. The molecule has 0 saturated heterocycles. The van der Waals surface area contributed by atoms with Crippen molar-refractivity contribution < 1.29 is 15.0 Å². The molecular formula is C16H17ClN2O3. The lowest BCUT2D eigenvalue weighted by atomic mass is 10.1. The SMILES string of the molecule is Cc1cc(O)c(CN(CC(=O)O)Cc2ccccn2)cc1Cl. The molecule has 2 N–H and O–H groups in total. The van der Waals surface area contributed by atoms with Gasteiger partial charge in [-0.1, -0.05) is 17.7 Å². The Labute approximate surface area is 133 Å². The summed E-state index contributed by atoms with van der Waals surface area (Å²) in [7, 11) is 0. The van der Waals surface area contributed by atoms with Crippen LogP contribution in [0.25, 0.3) is 0 Å². The number of aliphatic carboxylic acids is 1. The third kappa shape index (κ3) is 4.44. The highest BCUT2D eigenvalue weighted by atomic mass is 35.5. The van der Waals surface area contributed by atoms with Gasteiger partial charge in [-0.25, -0.2) is 0 Å². The van der Waals surface area contributed by atoms with Crippen LogP contribution in [0.15, 0.2) is 36.5 Å². The molecule has 0 fully saturated rings. The maximum absolute atomic E-state index is 11.0. The van der Waals surface area contributed by atoms with Gasteiger partial charge >= 0.3 is 5.97 Å². The number of hydrogen-bond acceptors (Lipinski definition) is 4. The molecule has 0 atom stereocenters. The number of carboxylic acid groups (broad SMARTS) is 1. The van der Waals surface area contributed by atoms with Crippen molar-refractivity contribution in [2.45, 2.75) is 20.0 Å². The van der Waals surface area contributed by atoms with Gasteiger partial charge < -0.3 is 10.2 Å². The van der Waals surface area contributed by atoms with Crippen molar-refractivity contribution in [3.63, 3.8) is 0 Å². The highest BCUT2D eigenvalue weighted by molar-refractivity contribution is 6.31. The van der Waals surface area contributed by atoms with Crippen molar-refractivity contribution in [1.82, 2.24) is 9.88 Å². The van der Waals surface area contributed by atoms with E-state index >= 15 is 0 Å². The Hall–Kier alpha value is -2.11. The van der Waals surface area contributed by atoms with Gasteiger partial charge in [-0.3, -0.25) is 14.7 Å². The molecule has 5 nitrogen and oxygen atoms in total. The zero-order chi connectivity index (χ0) is 16.1. The van der Waals surface area contributed by atoms with Crippen LogP contribution in [0.4, 0.5) is 0 Å². The van der Waals surface area contributed by atoms with Crippen LogP contribution in [0.2, 0.25) is 5.02 Å². The normalized spacial score (nSPS) is 10.9. The summed E-state index contributed by atoms with van der Waals surface area (Å²) in [6.07, 6.45) is 1.66. The van der Waals surface area contributed by atoms with E-state index in [1.807, 2.05) is 12.1 Å². The third-order valence-electron chi connectivity index (χ3n) is 3.22. The monoisotopic (exact) mass is 320 g/mol. The molecule has 0 radical (unpaired) electrons. The summed E-state index contributed by atoms with van der Waals surface area (Å²) in [5, 5.41) is 19.6. The van der Waals surface area contributed by atoms with Crippen LogP contribution in [-0.2, 0) is 17.9 Å². The number of halogens is 1. The minimum Gasteiger partial charge on any atom is -0.508 e. The molecule has 0 spiro atoms. The van der Waals surface area contributed by atoms with Crippen LogP contribution in [0.5, 0.6) is 5.75 Å². The third-order valence-corrected chi connectivity index (χ3v) is 3.63. The number of aryl methyl sites for hydroxylation is 1. The van der Waals surface area contributed by atoms with E-state index in [4.69, 9.17) is 16.7 Å². The lowest BCUT2D eigenvalue weighted by molar-refractivity contribution is -0.138. The molecule has 22 heavy (non-hydrogen) atoms. The van der Waals surface area contributed by atoms with Crippen molar-refractivity contribution in [3.8, 4) is 5.75 Å². The average molecular weight is 321 g/mol. The molecule has 1 aromatic heterocycles. The fourth-order valence-corrected chi connectivity index (χ4v) is 2.34. The highest BCUT2D eigenvalue weighted by Crippen LogP contribution is 2.27. The zero-order valence-electron chi connectivity index (χ0n) is 12.2. The second-order valence-electron chi connectivity index (χ2n) is 5.09. The largest absolute Gasteiger partial charge is 0.508 e. The molecule has 0 amide bonds. The molecular weight excluding hydrogens is 304 g/mol. The Bertz CT molecular complexity index is 662. The summed E-state index contributed by atoms with van der Waals surface area (Å²) in [5.41, 5.74) is 2.13. The Morgan fingerprint density at radius 1 is 1.32 bits per heavy atom. The van der Waals surface area contributed by atoms with Gasteiger partial charge in [0.25, 0.3) is 0 Å². The van der Waals surface area contributed by atoms with Gasteiger partial charge in [-0.2, -0.15) is 0 Å². The summed E-state index contributed by atoms with van der Waals surface area (Å²) < 4.78 is 0. The van der Waals surface area contributed by atoms with E-state index < -0.39 is 5.97 Å². The molecule has 1 aromatic carbocycles. The van der Waals surface area contributed by atoms with Crippen LogP contribution in [0.1, 0.15) is 16.8 Å². The number of pyridine rings is 1. The quantitative estimate of drug-likeness (QED) is 0.856. The van der Waals surface area contributed by atoms with Crippen molar-refractivity contribution in [3.05, 3.63) is 58.4 Å². The minimum absolute atomic E-state index is 0.110. The second-order valence-corrected chi connectivity index (χ2v) is 5.50. The van der Waals surface area contributed by atoms with Gasteiger partial charge in [0, 0.05) is 29.9 Å². The standard InChI is InChI=1S/C16H17ClN2O3/c1-11-6-15(20)12(7-14(11)17)8-19(10-16(21)22)9-13-4-2-3-5-18-13/h2-7,20H,8-10H2,1H3,(H,21,22). The Morgan fingerprint density at radius 3 is 2.73 bits per heavy atom. The van der Waals surface area contributed by atoms with E-state index in [1.54, 1.807) is 36.2 Å². The van der Waals surface area contributed by atoms with Gasteiger partial charge in [0.2, 0.25) is 0 Å². The van der Waals surface area contributed by atoms with E-state index in [0.717, 1.165) is 11.3 Å². The molecule has 0 saturated carbocycles. The topological polar surface area (TPSA) is 73.7 Å². The first-order chi connectivity index (χ1) is 10.5. The molecule has 0 aliphatic heterocycles. The van der Waals surface area contributed by atoms with Crippen LogP contribution >= 0.6 is 11.6 Å². The summed E-state index contributed by atoms with van der Waals surface area (Å²) in [5.74, 6) is -0.827. The first kappa shape index (κ1) is 16.3. The number of phenols is 1. The van der Waals surface area contributed by atoms with E-state index in [9.17, 15) is 9.90 Å². The number of phenolic OH excluding ortho intramolecular Hbond substituents is 1. The first-order valence-electron chi connectivity index (χ1n) is 6.77. The minimum atomic E-state index is -0.936. The summed E-state index contributed by atoms with van der Waals surface area (Å²) in [4.78, 5) is 16.9. The van der Waals surface area contributed by atoms with Crippen molar-refractivity contribution in [1.29, 1.82) is 0 Å². The number of hydrogen-bond donors (Lipinski definition) is 2. The van der Waals surface area contributed by atoms with Gasteiger partial charge in [-0.15, -0.1) is 0 Å². The molecule has 116 valence electrons. The maximum Gasteiger partial charge on any atom is 0.317 e. The maximum atomic E-state index is 11.0. The number of aromatic hydroxyl groups is 1. The summed E-state index contributed by atoms with van der Waals surface area (Å²) in [6, 6.07) is 8.73. The van der Waals surface area contributed by atoms with Crippen molar-refractivity contribution in [2.24, 2.45) is 0 Å². The number of aromatic nitrogens is 1. The Balaban J connectivity index is 2.19. The molecule has 6 heteroatoms. The van der Waals surface area contributed by atoms with E-state index in [0.29, 0.717) is 17.1 Å². The van der Waals surface area contributed by atoms with E-state index in [-0.39, 0.29) is 18.8 Å². The van der Waals surface area contributed by atoms with Gasteiger partial charge in [0.1, 0.15) is 5.75 Å². The van der Waals surface area contributed by atoms with Crippen molar-refractivity contribution in [2.75, 3.05) is 6.54 Å². The van der Waals surface area contributed by atoms with E-state index in [1.165, 1.54) is 0 Å². The molecule has 0 bridgehead atoms. The van der Waals surface area contributed by atoms with Gasteiger partial charge in [-0.05, 0) is 36.8 Å². The zero-order valence-corrected chi connectivity index (χ0v) is 12.9. The Kier molecular flexibility index (Phi) is 5.35. The van der Waals surface area contributed by atoms with Gasteiger partial charge in [0.15, 0.2) is 0 Å². The van der Waals surface area contributed by atoms with Crippen molar-refractivity contribution >= 4 is 17.6 Å². The second kappa shape index (κ2) is 7.24. The number of benzene rings is 1. The predicted molar refractivity (Wildman–Crippen MR) is 83.8 cm³/mol. The highest BCUT2D eigenvalue weighted by Gasteiger charge is 2.15. The smallest absolute Gasteiger partial charge is 0.317 e. The first-order valence-corrected chi connectivity index (χ1v) is 7.15. The van der Waals surface area contributed by atoms with Crippen LogP contribution in [-0.4, -0.2) is 32.6 Å². The molecule has 0 unspecified atom stereocenters. The number of nitrogens with zero attached hydrogens (tertiary/aromatic N) is 2. The fraction of sp³-hybridized carbons (Fsp3) is 0.250. The lowest BCUT2D eigenvalue weighted by Crippen LogP contribution is -2.29. The molecule has 2 rings (SSSR count).